The number of epoxide rings is 1. The van der Waals surface area contributed by atoms with E-state index in [9.17, 15) is 19.2 Å². The van der Waals surface area contributed by atoms with E-state index in [1.807, 2.05) is 20.8 Å². The Labute approximate surface area is 222 Å². The largest absolute Gasteiger partial charge is 0.455 e. The first kappa shape index (κ1) is 24.6. The maximum Gasteiger partial charge on any atom is 0.334 e. The molecule has 0 bridgehead atoms. The molecule has 7 aliphatic rings. The van der Waals surface area contributed by atoms with Crippen molar-refractivity contribution in [2.45, 2.75) is 103 Å². The van der Waals surface area contributed by atoms with Crippen LogP contribution in [0.2, 0.25) is 0 Å². The number of carbonyl (C=O) groups is 4. The van der Waals surface area contributed by atoms with Crippen molar-refractivity contribution in [3.8, 4) is 0 Å². The predicted molar refractivity (Wildman–Crippen MR) is 132 cm³/mol. The third kappa shape index (κ3) is 2.61. The summed E-state index contributed by atoms with van der Waals surface area (Å²) in [5, 5.41) is 0. The second kappa shape index (κ2) is 7.38. The van der Waals surface area contributed by atoms with Gasteiger partial charge >= 0.3 is 17.9 Å². The molecule has 0 aromatic rings. The molecule has 4 aliphatic carbocycles. The van der Waals surface area contributed by atoms with Crippen LogP contribution in [0.25, 0.3) is 0 Å². The van der Waals surface area contributed by atoms with Gasteiger partial charge in [0.2, 0.25) is 0 Å². The van der Waals surface area contributed by atoms with Gasteiger partial charge in [-0.2, -0.15) is 0 Å². The lowest BCUT2D eigenvalue weighted by atomic mass is 9.44. The summed E-state index contributed by atoms with van der Waals surface area (Å²) in [6.45, 7) is 9.07. The van der Waals surface area contributed by atoms with Crippen LogP contribution in [0.15, 0.2) is 23.3 Å². The summed E-state index contributed by atoms with van der Waals surface area (Å²) in [5.74, 6) is -0.696. The number of ketones is 1. The number of carbonyl (C=O) groups excluding carboxylic acids is 4. The first-order chi connectivity index (χ1) is 17.9. The van der Waals surface area contributed by atoms with Gasteiger partial charge in [-0.25, -0.2) is 4.79 Å². The van der Waals surface area contributed by atoms with Crippen molar-refractivity contribution in [1.29, 1.82) is 0 Å². The molecule has 0 unspecified atom stereocenters. The van der Waals surface area contributed by atoms with Crippen LogP contribution in [0.3, 0.4) is 0 Å². The van der Waals surface area contributed by atoms with Gasteiger partial charge < -0.3 is 18.9 Å². The van der Waals surface area contributed by atoms with Gasteiger partial charge in [-0.15, -0.1) is 0 Å². The number of fused-ring (bicyclic) bond motifs is 3. The second-order valence-corrected chi connectivity index (χ2v) is 13.3. The van der Waals surface area contributed by atoms with Crippen molar-refractivity contribution >= 4 is 23.7 Å². The van der Waals surface area contributed by atoms with Gasteiger partial charge in [-0.1, -0.05) is 5.57 Å². The van der Waals surface area contributed by atoms with Gasteiger partial charge in [0.1, 0.15) is 11.7 Å². The van der Waals surface area contributed by atoms with Crippen molar-refractivity contribution in [3.05, 3.63) is 23.3 Å². The lowest BCUT2D eigenvalue weighted by Crippen LogP contribution is -2.64. The van der Waals surface area contributed by atoms with Crippen LogP contribution >= 0.6 is 0 Å². The Morgan fingerprint density at radius 1 is 1.05 bits per heavy atom. The topological polar surface area (TPSA) is 109 Å². The summed E-state index contributed by atoms with van der Waals surface area (Å²) < 4.78 is 24.2. The minimum absolute atomic E-state index is 0.0196. The van der Waals surface area contributed by atoms with E-state index in [0.717, 1.165) is 24.8 Å². The average molecular weight is 525 g/mol. The van der Waals surface area contributed by atoms with Crippen LogP contribution in [0, 0.1) is 34.5 Å². The minimum Gasteiger partial charge on any atom is -0.455 e. The van der Waals surface area contributed by atoms with E-state index in [1.165, 1.54) is 6.92 Å². The first-order valence-corrected chi connectivity index (χ1v) is 14.1. The van der Waals surface area contributed by atoms with Crippen LogP contribution in [0.1, 0.15) is 73.1 Å². The molecule has 0 aromatic carbocycles. The summed E-state index contributed by atoms with van der Waals surface area (Å²) in [6.07, 6.45) is 6.32. The van der Waals surface area contributed by atoms with E-state index < -0.39 is 34.2 Å². The number of rotatable bonds is 2. The fraction of sp³-hybridized carbons (Fsp3) is 0.733. The third-order valence-electron chi connectivity index (χ3n) is 12.1. The predicted octanol–water partition coefficient (Wildman–Crippen LogP) is 3.61. The standard InChI is InChI=1S/C30H36O8/c1-14-12-23(36-25(33)15(14)2)28(5)20-7-6-19-17-13-24-30(37-24)22(35-16(3)31)9-8-21(32)27(30,4)18(17)10-11-29(19,20)26(34)38-28/h8-9,17-20,22-24H,6-7,10-13H2,1-5H3/t17-,18+,19+,20-,22+,23-,24-,27+,28-,29-,30-/m1/s1. The molecule has 2 saturated heterocycles. The van der Waals surface area contributed by atoms with Crippen molar-refractivity contribution in [3.63, 3.8) is 0 Å². The van der Waals surface area contributed by atoms with E-state index in [4.69, 9.17) is 18.9 Å². The lowest BCUT2D eigenvalue weighted by Gasteiger charge is -2.56. The molecule has 38 heavy (non-hydrogen) atoms. The summed E-state index contributed by atoms with van der Waals surface area (Å²) in [7, 11) is 0. The summed E-state index contributed by atoms with van der Waals surface area (Å²) >= 11 is 0. The lowest BCUT2D eigenvalue weighted by molar-refractivity contribution is -0.179. The molecule has 0 aromatic heterocycles. The van der Waals surface area contributed by atoms with Gasteiger partial charge in [-0.3, -0.25) is 14.4 Å². The molecule has 3 saturated carbocycles. The molecule has 0 amide bonds. The quantitative estimate of drug-likeness (QED) is 0.306. The van der Waals surface area contributed by atoms with Gasteiger partial charge in [0.05, 0.1) is 16.9 Å². The number of cyclic esters (lactones) is 2. The molecular formula is C30H36O8. The SMILES string of the molecule is CC(=O)O[C@H]1C=CC(=O)[C@]2(C)[C@H]3CC[C@]45C(=O)O[C@@](C)([C@H]6CC(C)=C(C)C(=O)O6)[C@H]4CC[C@H]5[C@@H]3C[C@H]3O[C@]132. The zero-order valence-electron chi connectivity index (χ0n) is 22.7. The Morgan fingerprint density at radius 2 is 1.82 bits per heavy atom. The number of hydrogen-bond donors (Lipinski definition) is 0. The molecule has 7 rings (SSSR count). The van der Waals surface area contributed by atoms with Crippen LogP contribution in [0.5, 0.6) is 0 Å². The maximum atomic E-state index is 13.9. The number of ether oxygens (including phenoxy) is 4. The van der Waals surface area contributed by atoms with Crippen molar-refractivity contribution in [2.24, 2.45) is 34.5 Å². The summed E-state index contributed by atoms with van der Waals surface area (Å²) in [5.41, 5.74) is -1.54. The maximum absolute atomic E-state index is 13.9. The fourth-order valence-corrected chi connectivity index (χ4v) is 10.2. The Bertz CT molecular complexity index is 1250. The second-order valence-electron chi connectivity index (χ2n) is 13.3. The van der Waals surface area contributed by atoms with Gasteiger partial charge in [0, 0.05) is 24.8 Å². The number of allylic oxidation sites excluding steroid dienone is 1. The summed E-state index contributed by atoms with van der Waals surface area (Å²) in [6, 6.07) is 0. The van der Waals surface area contributed by atoms with Gasteiger partial charge in [0.25, 0.3) is 0 Å². The highest BCUT2D eigenvalue weighted by Crippen LogP contribution is 2.75. The molecule has 0 radical (unpaired) electrons. The van der Waals surface area contributed by atoms with Crippen LogP contribution < -0.4 is 0 Å². The molecule has 11 atom stereocenters. The average Bonchev–Trinajstić information content (AvgIpc) is 3.37. The molecule has 3 heterocycles. The smallest absolute Gasteiger partial charge is 0.334 e. The zero-order chi connectivity index (χ0) is 27.0. The van der Waals surface area contributed by atoms with E-state index in [2.05, 4.69) is 0 Å². The molecular weight excluding hydrogens is 488 g/mol. The monoisotopic (exact) mass is 524 g/mol. The Morgan fingerprint density at radius 3 is 2.53 bits per heavy atom. The highest BCUT2D eigenvalue weighted by Gasteiger charge is 2.83. The minimum atomic E-state index is -0.876. The molecule has 8 heteroatoms. The third-order valence-corrected chi connectivity index (χ3v) is 12.1. The van der Waals surface area contributed by atoms with Crippen LogP contribution in [-0.2, 0) is 38.1 Å². The van der Waals surface area contributed by atoms with E-state index in [0.29, 0.717) is 24.8 Å². The molecule has 5 fully saturated rings. The van der Waals surface area contributed by atoms with Crippen LogP contribution in [0.4, 0.5) is 0 Å². The van der Waals surface area contributed by atoms with E-state index in [-0.39, 0.29) is 53.5 Å². The zero-order valence-corrected chi connectivity index (χ0v) is 22.7. The Hall–Kier alpha value is -2.48. The Kier molecular flexibility index (Phi) is 4.77. The summed E-state index contributed by atoms with van der Waals surface area (Å²) in [4.78, 5) is 52.0. The Balaban J connectivity index is 1.23. The van der Waals surface area contributed by atoms with Crippen molar-refractivity contribution in [2.75, 3.05) is 0 Å². The van der Waals surface area contributed by atoms with Crippen molar-refractivity contribution < 1.29 is 38.1 Å². The number of esters is 3. The molecule has 8 nitrogen and oxygen atoms in total. The molecule has 3 aliphatic heterocycles. The normalized spacial score (nSPS) is 52.2. The highest BCUT2D eigenvalue weighted by molar-refractivity contribution is 5.98. The van der Waals surface area contributed by atoms with Crippen molar-refractivity contribution in [1.82, 2.24) is 0 Å². The van der Waals surface area contributed by atoms with Crippen LogP contribution in [-0.4, -0.2) is 53.2 Å². The fourth-order valence-electron chi connectivity index (χ4n) is 10.2. The van der Waals surface area contributed by atoms with Gasteiger partial charge in [0.15, 0.2) is 17.5 Å². The van der Waals surface area contributed by atoms with Gasteiger partial charge in [-0.05, 0) is 89.7 Å². The van der Waals surface area contributed by atoms with E-state index >= 15 is 0 Å². The van der Waals surface area contributed by atoms with E-state index in [1.54, 1.807) is 19.1 Å². The highest BCUT2D eigenvalue weighted by atomic mass is 16.7. The number of hydrogen-bond acceptors (Lipinski definition) is 8. The first-order valence-electron chi connectivity index (χ1n) is 14.1. The molecule has 0 N–H and O–H groups in total. The molecule has 204 valence electrons. The molecule has 2 spiro atoms.